The lowest BCUT2D eigenvalue weighted by Gasteiger charge is -2.06. The van der Waals surface area contributed by atoms with Crippen molar-refractivity contribution in [2.45, 2.75) is 11.8 Å². The molecule has 0 fully saturated rings. The number of nitrogen functional groups attached to an aromatic ring is 1. The number of rotatable bonds is 3. The summed E-state index contributed by atoms with van der Waals surface area (Å²) in [5.41, 5.74) is 5.54. The highest BCUT2D eigenvalue weighted by Gasteiger charge is 2.18. The predicted molar refractivity (Wildman–Crippen MR) is 67.8 cm³/mol. The van der Waals surface area contributed by atoms with Gasteiger partial charge >= 0.3 is 0 Å². The van der Waals surface area contributed by atoms with Crippen LogP contribution in [-0.2, 0) is 10.0 Å². The lowest BCUT2D eigenvalue weighted by atomic mass is 10.2. The Kier molecular flexibility index (Phi) is 2.87. The van der Waals surface area contributed by atoms with E-state index in [0.717, 1.165) is 5.56 Å². The molecule has 0 unspecified atom stereocenters. The van der Waals surface area contributed by atoms with Crippen LogP contribution < -0.4 is 16.0 Å². The highest BCUT2D eigenvalue weighted by atomic mass is 32.2. The van der Waals surface area contributed by atoms with Crippen molar-refractivity contribution >= 4 is 21.5 Å². The number of nitrogens with two attached hydrogens (primary N) is 1. The van der Waals surface area contributed by atoms with Gasteiger partial charge in [-0.05, 0) is 19.1 Å². The number of hydrogen-bond donors (Lipinski definition) is 4. The molecule has 2 aromatic rings. The van der Waals surface area contributed by atoms with Crippen molar-refractivity contribution < 1.29 is 8.42 Å². The molecule has 0 radical (unpaired) electrons. The molecule has 1 heterocycles. The highest BCUT2D eigenvalue weighted by Crippen LogP contribution is 2.16. The smallest absolute Gasteiger partial charge is 0.290 e. The minimum atomic E-state index is -3.82. The molecule has 0 saturated carbocycles. The minimum Gasteiger partial charge on any atom is -0.382 e. The van der Waals surface area contributed by atoms with E-state index in [1.54, 1.807) is 12.1 Å². The summed E-state index contributed by atoms with van der Waals surface area (Å²) in [6.07, 6.45) is 0. The highest BCUT2D eigenvalue weighted by molar-refractivity contribution is 7.92. The standard InChI is InChI=1S/C10H12N4O3S/c1-6-2-4-7(5-3-6)18(16,17)14-8-9(11)12-13-10(8)15/h2-5,14H,1H3,(H4,11,12,13,15). The van der Waals surface area contributed by atoms with Gasteiger partial charge in [-0.1, -0.05) is 17.7 Å². The number of hydrogen-bond acceptors (Lipinski definition) is 4. The van der Waals surface area contributed by atoms with Gasteiger partial charge in [-0.25, -0.2) is 8.42 Å². The minimum absolute atomic E-state index is 0.0595. The van der Waals surface area contributed by atoms with Crippen molar-refractivity contribution in [3.05, 3.63) is 40.2 Å². The second-order valence-electron chi connectivity index (χ2n) is 3.79. The Labute approximate surface area is 103 Å². The number of sulfonamides is 1. The van der Waals surface area contributed by atoms with E-state index in [1.807, 2.05) is 6.92 Å². The zero-order valence-corrected chi connectivity index (χ0v) is 10.3. The van der Waals surface area contributed by atoms with Crippen molar-refractivity contribution in [2.75, 3.05) is 10.5 Å². The summed E-state index contributed by atoms with van der Waals surface area (Å²) < 4.78 is 26.1. The SMILES string of the molecule is Cc1ccc(S(=O)(=O)Nc2c(N)[nH][nH]c2=O)cc1. The van der Waals surface area contributed by atoms with Crippen molar-refractivity contribution in [1.82, 2.24) is 10.2 Å². The summed E-state index contributed by atoms with van der Waals surface area (Å²) in [7, 11) is -3.82. The Morgan fingerprint density at radius 2 is 1.78 bits per heavy atom. The molecule has 1 aromatic heterocycles. The summed E-state index contributed by atoms with van der Waals surface area (Å²) in [5, 5.41) is 4.52. The van der Waals surface area contributed by atoms with Crippen molar-refractivity contribution in [3.63, 3.8) is 0 Å². The van der Waals surface area contributed by atoms with Crippen LogP contribution in [-0.4, -0.2) is 18.6 Å². The monoisotopic (exact) mass is 268 g/mol. The maximum absolute atomic E-state index is 12.0. The van der Waals surface area contributed by atoms with Crippen LogP contribution in [0.1, 0.15) is 5.56 Å². The van der Waals surface area contributed by atoms with Crippen molar-refractivity contribution in [3.8, 4) is 0 Å². The van der Waals surface area contributed by atoms with Gasteiger partial charge in [0.05, 0.1) is 4.90 Å². The molecule has 0 aliphatic heterocycles. The number of H-pyrrole nitrogens is 2. The van der Waals surface area contributed by atoms with Gasteiger partial charge in [-0.3, -0.25) is 19.7 Å². The zero-order chi connectivity index (χ0) is 13.3. The average molecular weight is 268 g/mol. The Balaban J connectivity index is 2.39. The largest absolute Gasteiger partial charge is 0.382 e. The first-order valence-electron chi connectivity index (χ1n) is 5.06. The van der Waals surface area contributed by atoms with Crippen LogP contribution in [0.3, 0.4) is 0 Å². The Morgan fingerprint density at radius 1 is 1.17 bits per heavy atom. The Morgan fingerprint density at radius 3 is 2.28 bits per heavy atom. The van der Waals surface area contributed by atoms with E-state index >= 15 is 0 Å². The summed E-state index contributed by atoms with van der Waals surface area (Å²) in [6, 6.07) is 6.24. The fraction of sp³-hybridized carbons (Fsp3) is 0.100. The summed E-state index contributed by atoms with van der Waals surface area (Å²) in [6.45, 7) is 1.85. The summed E-state index contributed by atoms with van der Waals surface area (Å²) >= 11 is 0. The van der Waals surface area contributed by atoms with Gasteiger partial charge in [0.1, 0.15) is 5.82 Å². The Bertz CT molecular complexity index is 712. The summed E-state index contributed by atoms with van der Waals surface area (Å²) in [4.78, 5) is 11.4. The van der Waals surface area contributed by atoms with E-state index in [4.69, 9.17) is 5.73 Å². The van der Waals surface area contributed by atoms with Crippen LogP contribution >= 0.6 is 0 Å². The van der Waals surface area contributed by atoms with Crippen LogP contribution in [0.2, 0.25) is 0 Å². The number of benzene rings is 1. The molecule has 1 aromatic carbocycles. The molecule has 0 aliphatic rings. The van der Waals surface area contributed by atoms with E-state index < -0.39 is 15.6 Å². The molecule has 7 nitrogen and oxygen atoms in total. The van der Waals surface area contributed by atoms with E-state index in [9.17, 15) is 13.2 Å². The van der Waals surface area contributed by atoms with Gasteiger partial charge in [0.2, 0.25) is 0 Å². The van der Waals surface area contributed by atoms with E-state index in [-0.39, 0.29) is 16.4 Å². The molecule has 0 spiro atoms. The van der Waals surface area contributed by atoms with Crippen molar-refractivity contribution in [2.24, 2.45) is 0 Å². The molecule has 0 amide bonds. The summed E-state index contributed by atoms with van der Waals surface area (Å²) in [5.74, 6) is -0.0595. The van der Waals surface area contributed by atoms with Gasteiger partial charge in [0.25, 0.3) is 15.6 Å². The number of aromatic nitrogens is 2. The maximum atomic E-state index is 12.0. The maximum Gasteiger partial charge on any atom is 0.290 e. The third kappa shape index (κ3) is 2.23. The fourth-order valence-electron chi connectivity index (χ4n) is 1.38. The van der Waals surface area contributed by atoms with Gasteiger partial charge in [-0.15, -0.1) is 0 Å². The first-order chi connectivity index (χ1) is 8.40. The molecule has 0 atom stereocenters. The molecule has 0 saturated heterocycles. The van der Waals surface area contributed by atoms with E-state index in [1.165, 1.54) is 12.1 Å². The van der Waals surface area contributed by atoms with Gasteiger partial charge in [0.15, 0.2) is 5.69 Å². The molecule has 18 heavy (non-hydrogen) atoms. The topological polar surface area (TPSA) is 121 Å². The lowest BCUT2D eigenvalue weighted by molar-refractivity contribution is 0.601. The van der Waals surface area contributed by atoms with Crippen LogP contribution in [0.15, 0.2) is 34.0 Å². The number of aromatic amines is 2. The fourth-order valence-corrected chi connectivity index (χ4v) is 2.47. The molecule has 5 N–H and O–H groups in total. The van der Waals surface area contributed by atoms with Crippen LogP contribution in [0.5, 0.6) is 0 Å². The van der Waals surface area contributed by atoms with Crippen molar-refractivity contribution in [1.29, 1.82) is 0 Å². The number of aryl methyl sites for hydroxylation is 1. The average Bonchev–Trinajstić information content (AvgIpc) is 2.61. The molecule has 8 heteroatoms. The van der Waals surface area contributed by atoms with E-state index in [2.05, 4.69) is 14.9 Å². The lowest BCUT2D eigenvalue weighted by Crippen LogP contribution is -2.18. The first-order valence-corrected chi connectivity index (χ1v) is 6.54. The number of anilines is 2. The zero-order valence-electron chi connectivity index (χ0n) is 9.52. The quantitative estimate of drug-likeness (QED) is 0.643. The van der Waals surface area contributed by atoms with Crippen LogP contribution in [0.25, 0.3) is 0 Å². The van der Waals surface area contributed by atoms with Gasteiger partial charge < -0.3 is 5.73 Å². The molecular formula is C10H12N4O3S. The third-order valence-electron chi connectivity index (χ3n) is 2.37. The Hall–Kier alpha value is -2.22. The molecule has 2 rings (SSSR count). The second-order valence-corrected chi connectivity index (χ2v) is 5.47. The van der Waals surface area contributed by atoms with Gasteiger partial charge in [-0.2, -0.15) is 0 Å². The van der Waals surface area contributed by atoms with Crippen LogP contribution in [0.4, 0.5) is 11.5 Å². The second kappa shape index (κ2) is 4.22. The number of nitrogens with one attached hydrogen (secondary N) is 3. The molecule has 96 valence electrons. The molecule has 0 aliphatic carbocycles. The van der Waals surface area contributed by atoms with E-state index in [0.29, 0.717) is 0 Å². The van der Waals surface area contributed by atoms with Gasteiger partial charge in [0, 0.05) is 0 Å². The predicted octanol–water partition coefficient (Wildman–Crippen LogP) is 0.394. The normalized spacial score (nSPS) is 11.4. The molecule has 0 bridgehead atoms. The first kappa shape index (κ1) is 12.2. The molecular weight excluding hydrogens is 256 g/mol. The van der Waals surface area contributed by atoms with Crippen LogP contribution in [0, 0.1) is 6.92 Å². The third-order valence-corrected chi connectivity index (χ3v) is 3.74.